The molecule has 0 aliphatic rings. The molecule has 5 heteroatoms. The molecular weight excluding hydrogens is 222 g/mol. The first-order valence-corrected chi connectivity index (χ1v) is 5.01. The molecule has 0 heterocycles. The summed E-state index contributed by atoms with van der Waals surface area (Å²) in [6.07, 6.45) is 0. The number of hydrogen-bond donors (Lipinski definition) is 0. The molecule has 0 saturated carbocycles. The summed E-state index contributed by atoms with van der Waals surface area (Å²) in [4.78, 5) is 11.8. The van der Waals surface area contributed by atoms with E-state index in [1.54, 1.807) is 19.1 Å². The Morgan fingerprint density at radius 2 is 1.88 bits per heavy atom. The normalized spacial score (nSPS) is 9.29. The Bertz CT molecular complexity index is 462. The number of carbonyl (C=O) groups is 1. The fourth-order valence-electron chi connectivity index (χ4n) is 1.42. The number of benzene rings is 1. The van der Waals surface area contributed by atoms with Gasteiger partial charge >= 0.3 is 5.97 Å². The highest BCUT2D eigenvalue weighted by Gasteiger charge is 2.22. The van der Waals surface area contributed by atoms with Gasteiger partial charge in [-0.05, 0) is 19.1 Å². The molecule has 0 N–H and O–H groups in total. The van der Waals surface area contributed by atoms with E-state index in [1.165, 1.54) is 14.2 Å². The lowest BCUT2D eigenvalue weighted by Crippen LogP contribution is -2.10. The molecule has 0 atom stereocenters. The SMILES string of the molecule is CCOC(=O)c1c(OC)ccc(OC)c1C#N. The van der Waals surface area contributed by atoms with Gasteiger partial charge in [0.1, 0.15) is 28.7 Å². The summed E-state index contributed by atoms with van der Waals surface area (Å²) in [5, 5.41) is 9.07. The summed E-state index contributed by atoms with van der Waals surface area (Å²) >= 11 is 0. The molecule has 0 radical (unpaired) electrons. The Hall–Kier alpha value is -2.22. The third kappa shape index (κ3) is 2.48. The molecule has 90 valence electrons. The van der Waals surface area contributed by atoms with E-state index in [4.69, 9.17) is 19.5 Å². The van der Waals surface area contributed by atoms with Gasteiger partial charge in [-0.15, -0.1) is 0 Å². The smallest absolute Gasteiger partial charge is 0.343 e. The minimum atomic E-state index is -0.597. The van der Waals surface area contributed by atoms with Gasteiger partial charge in [0, 0.05) is 0 Å². The summed E-state index contributed by atoms with van der Waals surface area (Å²) in [6, 6.07) is 5.05. The zero-order valence-corrected chi connectivity index (χ0v) is 9.94. The third-order valence-corrected chi connectivity index (χ3v) is 2.16. The minimum absolute atomic E-state index is 0.0937. The first kappa shape index (κ1) is 12.8. The number of carbonyl (C=O) groups excluding carboxylic acids is 1. The number of nitrogens with zero attached hydrogens (tertiary/aromatic N) is 1. The van der Waals surface area contributed by atoms with E-state index in [1.807, 2.05) is 6.07 Å². The number of ether oxygens (including phenoxy) is 3. The van der Waals surface area contributed by atoms with E-state index in [2.05, 4.69) is 0 Å². The fraction of sp³-hybridized carbons (Fsp3) is 0.333. The molecule has 0 saturated heterocycles. The topological polar surface area (TPSA) is 68.6 Å². The molecule has 0 bridgehead atoms. The van der Waals surface area contributed by atoms with E-state index < -0.39 is 5.97 Å². The standard InChI is InChI=1S/C12H13NO4/c1-4-17-12(14)11-8(7-13)9(15-2)5-6-10(11)16-3/h5-6H,4H2,1-3H3. The Balaban J connectivity index is 3.41. The summed E-state index contributed by atoms with van der Waals surface area (Å²) in [5.41, 5.74) is 0.210. The second kappa shape index (κ2) is 5.75. The molecule has 17 heavy (non-hydrogen) atoms. The highest BCUT2D eigenvalue weighted by Crippen LogP contribution is 2.30. The molecule has 0 amide bonds. The van der Waals surface area contributed by atoms with Crippen molar-refractivity contribution in [3.05, 3.63) is 23.3 Å². The van der Waals surface area contributed by atoms with Crippen LogP contribution in [-0.2, 0) is 4.74 Å². The van der Waals surface area contributed by atoms with Gasteiger partial charge in [0.15, 0.2) is 0 Å². The number of hydrogen-bond acceptors (Lipinski definition) is 5. The molecule has 0 spiro atoms. The maximum Gasteiger partial charge on any atom is 0.343 e. The van der Waals surface area contributed by atoms with E-state index in [0.29, 0.717) is 11.5 Å². The van der Waals surface area contributed by atoms with Crippen molar-refractivity contribution in [1.82, 2.24) is 0 Å². The van der Waals surface area contributed by atoms with Crippen LogP contribution in [0.3, 0.4) is 0 Å². The fourth-order valence-corrected chi connectivity index (χ4v) is 1.42. The van der Waals surface area contributed by atoms with E-state index in [9.17, 15) is 4.79 Å². The van der Waals surface area contributed by atoms with Crippen molar-refractivity contribution >= 4 is 5.97 Å². The van der Waals surface area contributed by atoms with E-state index in [-0.39, 0.29) is 17.7 Å². The van der Waals surface area contributed by atoms with Gasteiger partial charge in [-0.1, -0.05) is 0 Å². The summed E-state index contributed by atoms with van der Waals surface area (Å²) < 4.78 is 15.0. The van der Waals surface area contributed by atoms with Crippen molar-refractivity contribution in [2.75, 3.05) is 20.8 Å². The maximum atomic E-state index is 11.8. The highest BCUT2D eigenvalue weighted by molar-refractivity contribution is 5.96. The van der Waals surface area contributed by atoms with Crippen LogP contribution in [0.1, 0.15) is 22.8 Å². The Labute approximate surface area is 99.5 Å². The third-order valence-electron chi connectivity index (χ3n) is 2.16. The Morgan fingerprint density at radius 1 is 1.29 bits per heavy atom. The molecule has 1 aromatic carbocycles. The zero-order valence-electron chi connectivity index (χ0n) is 9.94. The van der Waals surface area contributed by atoms with Crippen molar-refractivity contribution < 1.29 is 19.0 Å². The van der Waals surface area contributed by atoms with E-state index >= 15 is 0 Å². The monoisotopic (exact) mass is 235 g/mol. The average Bonchev–Trinajstić information content (AvgIpc) is 2.36. The summed E-state index contributed by atoms with van der Waals surface area (Å²) in [5.74, 6) is 0.0111. The molecular formula is C12H13NO4. The quantitative estimate of drug-likeness (QED) is 0.743. The van der Waals surface area contributed by atoms with Crippen LogP contribution in [0.25, 0.3) is 0 Å². The van der Waals surface area contributed by atoms with Gasteiger partial charge in [0.05, 0.1) is 20.8 Å². The van der Waals surface area contributed by atoms with Crippen LogP contribution in [0.4, 0.5) is 0 Å². The first-order valence-electron chi connectivity index (χ1n) is 5.01. The Morgan fingerprint density at radius 3 is 2.35 bits per heavy atom. The van der Waals surface area contributed by atoms with Crippen LogP contribution in [-0.4, -0.2) is 26.8 Å². The van der Waals surface area contributed by atoms with Crippen LogP contribution in [0.15, 0.2) is 12.1 Å². The van der Waals surface area contributed by atoms with Crippen LogP contribution in [0.2, 0.25) is 0 Å². The largest absolute Gasteiger partial charge is 0.496 e. The van der Waals surface area contributed by atoms with Gasteiger partial charge in [-0.25, -0.2) is 4.79 Å². The average molecular weight is 235 g/mol. The van der Waals surface area contributed by atoms with Crippen molar-refractivity contribution in [1.29, 1.82) is 5.26 Å². The van der Waals surface area contributed by atoms with Crippen molar-refractivity contribution in [2.24, 2.45) is 0 Å². The molecule has 1 aromatic rings. The zero-order chi connectivity index (χ0) is 12.8. The number of rotatable bonds is 4. The second-order valence-electron chi connectivity index (χ2n) is 3.05. The van der Waals surface area contributed by atoms with Gasteiger partial charge < -0.3 is 14.2 Å². The van der Waals surface area contributed by atoms with Crippen LogP contribution in [0.5, 0.6) is 11.5 Å². The van der Waals surface area contributed by atoms with Gasteiger partial charge in [-0.3, -0.25) is 0 Å². The van der Waals surface area contributed by atoms with Gasteiger partial charge in [-0.2, -0.15) is 5.26 Å². The van der Waals surface area contributed by atoms with Crippen LogP contribution in [0, 0.1) is 11.3 Å². The van der Waals surface area contributed by atoms with E-state index in [0.717, 1.165) is 0 Å². The number of nitriles is 1. The molecule has 0 fully saturated rings. The second-order valence-corrected chi connectivity index (χ2v) is 3.05. The van der Waals surface area contributed by atoms with Crippen molar-refractivity contribution in [2.45, 2.75) is 6.92 Å². The highest BCUT2D eigenvalue weighted by atomic mass is 16.5. The number of methoxy groups -OCH3 is 2. The molecule has 0 aliphatic carbocycles. The van der Waals surface area contributed by atoms with Crippen LogP contribution < -0.4 is 9.47 Å². The van der Waals surface area contributed by atoms with Crippen molar-refractivity contribution in [3.63, 3.8) is 0 Å². The van der Waals surface area contributed by atoms with Crippen molar-refractivity contribution in [3.8, 4) is 17.6 Å². The number of esters is 1. The van der Waals surface area contributed by atoms with Gasteiger partial charge in [0.2, 0.25) is 0 Å². The molecule has 0 aromatic heterocycles. The van der Waals surface area contributed by atoms with Crippen LogP contribution >= 0.6 is 0 Å². The lowest BCUT2D eigenvalue weighted by molar-refractivity contribution is 0.0522. The lowest BCUT2D eigenvalue weighted by Gasteiger charge is -2.11. The molecule has 5 nitrogen and oxygen atoms in total. The summed E-state index contributed by atoms with van der Waals surface area (Å²) in [7, 11) is 2.85. The predicted molar refractivity (Wildman–Crippen MR) is 60.2 cm³/mol. The predicted octanol–water partition coefficient (Wildman–Crippen LogP) is 1.75. The first-order chi connectivity index (χ1) is 8.19. The molecule has 0 unspecified atom stereocenters. The molecule has 1 rings (SSSR count). The summed E-state index contributed by atoms with van der Waals surface area (Å²) in [6.45, 7) is 1.92. The Kier molecular flexibility index (Phi) is 4.35. The minimum Gasteiger partial charge on any atom is -0.496 e. The lowest BCUT2D eigenvalue weighted by atomic mass is 10.1. The van der Waals surface area contributed by atoms with Gasteiger partial charge in [0.25, 0.3) is 0 Å². The maximum absolute atomic E-state index is 11.8. The molecule has 0 aliphatic heterocycles.